The number of benzene rings is 2. The maximum absolute atomic E-state index is 13.5. The van der Waals surface area contributed by atoms with Crippen LogP contribution in [0.5, 0.6) is 0 Å². The van der Waals surface area contributed by atoms with Gasteiger partial charge < -0.3 is 20.4 Å². The van der Waals surface area contributed by atoms with Crippen LogP contribution in [0.3, 0.4) is 0 Å². The van der Waals surface area contributed by atoms with Gasteiger partial charge in [-0.3, -0.25) is 9.59 Å². The molecule has 2 aromatic carbocycles. The average molecular weight is 751 g/mol. The quantitative estimate of drug-likeness (QED) is 0.0388. The molecule has 1 fully saturated rings. The van der Waals surface area contributed by atoms with Crippen molar-refractivity contribution in [3.8, 4) is 0 Å². The third-order valence-corrected chi connectivity index (χ3v) is 9.97. The molecule has 4 heterocycles. The highest BCUT2D eigenvalue weighted by atomic mass is 16.1. The Kier molecular flexibility index (Phi) is 17.0. The zero-order valence-electron chi connectivity index (χ0n) is 34.3. The van der Waals surface area contributed by atoms with E-state index in [1.165, 1.54) is 0 Å². The van der Waals surface area contributed by atoms with Crippen molar-refractivity contribution in [2.24, 2.45) is 16.3 Å². The summed E-state index contributed by atoms with van der Waals surface area (Å²) in [5.41, 5.74) is 6.02. The molecule has 2 unspecified atom stereocenters. The molecule has 2 aliphatic heterocycles. The number of carbonyl (C=O) groups is 1. The second-order valence-electron chi connectivity index (χ2n) is 13.4. The number of pyridine rings is 1. The number of piperazine rings is 1. The number of anilines is 1. The number of aldehydes is 1. The highest BCUT2D eigenvalue weighted by Crippen LogP contribution is 2.33. The van der Waals surface area contributed by atoms with Crippen molar-refractivity contribution in [3.63, 3.8) is 0 Å². The van der Waals surface area contributed by atoms with Crippen molar-refractivity contribution in [2.45, 2.75) is 80.7 Å². The molecule has 4 aromatic rings. The number of fused-ring (bicyclic) bond motifs is 2. The fourth-order valence-electron chi connectivity index (χ4n) is 7.02. The molecule has 12 heteroatoms. The van der Waals surface area contributed by atoms with E-state index < -0.39 is 0 Å². The molecule has 0 spiro atoms. The Balaban J connectivity index is 0.00000163. The predicted octanol–water partition coefficient (Wildman–Crippen LogP) is 7.83. The van der Waals surface area contributed by atoms with Crippen molar-refractivity contribution in [1.82, 2.24) is 35.0 Å². The van der Waals surface area contributed by atoms with Crippen molar-refractivity contribution < 1.29 is 4.79 Å². The Labute approximate surface area is 327 Å². The molecule has 296 valence electrons. The second kappa shape index (κ2) is 21.8. The van der Waals surface area contributed by atoms with Crippen LogP contribution in [0.25, 0.3) is 27.3 Å². The number of hydrogen-bond donors (Lipinski definition) is 2. The van der Waals surface area contributed by atoms with Gasteiger partial charge in [-0.05, 0) is 82.2 Å². The number of nitrogens with zero attached hydrogens (tertiary/aromatic N) is 8. The van der Waals surface area contributed by atoms with Crippen molar-refractivity contribution in [3.05, 3.63) is 94.1 Å². The fourth-order valence-corrected chi connectivity index (χ4v) is 7.02. The largest absolute Gasteiger partial charge is 0.391 e. The molecular formula is C43H62N10O2. The van der Waals surface area contributed by atoms with Gasteiger partial charge in [0.2, 0.25) is 0 Å². The number of rotatable bonds is 16. The molecule has 0 aliphatic carbocycles. The molecule has 2 aromatic heterocycles. The highest BCUT2D eigenvalue weighted by Gasteiger charge is 2.32. The Morgan fingerprint density at radius 1 is 0.982 bits per heavy atom. The summed E-state index contributed by atoms with van der Waals surface area (Å²) in [5.74, 6) is 0.0769. The van der Waals surface area contributed by atoms with Gasteiger partial charge in [0.05, 0.1) is 22.3 Å². The predicted molar refractivity (Wildman–Crippen MR) is 227 cm³/mol. The lowest BCUT2D eigenvalue weighted by Gasteiger charge is -2.34. The van der Waals surface area contributed by atoms with Gasteiger partial charge in [-0.1, -0.05) is 82.3 Å². The van der Waals surface area contributed by atoms with Crippen LogP contribution >= 0.6 is 0 Å². The number of aromatic nitrogens is 3. The minimum atomic E-state index is -0.211. The average Bonchev–Trinajstić information content (AvgIpc) is 3.86. The van der Waals surface area contributed by atoms with Crippen LogP contribution in [-0.2, 0) is 4.79 Å². The lowest BCUT2D eigenvalue weighted by Crippen LogP contribution is -2.47. The molecule has 55 heavy (non-hydrogen) atoms. The van der Waals surface area contributed by atoms with Gasteiger partial charge in [0.25, 0.3) is 0 Å². The molecule has 2 atom stereocenters. The van der Waals surface area contributed by atoms with E-state index in [-0.39, 0.29) is 17.4 Å². The third kappa shape index (κ3) is 10.2. The number of carbonyl (C=O) groups excluding carboxylic acids is 1. The summed E-state index contributed by atoms with van der Waals surface area (Å²) >= 11 is 0. The smallest absolute Gasteiger partial charge is 0.199 e. The van der Waals surface area contributed by atoms with Gasteiger partial charge in [0.1, 0.15) is 23.4 Å². The summed E-state index contributed by atoms with van der Waals surface area (Å²) in [6.07, 6.45) is 13.6. The van der Waals surface area contributed by atoms with Gasteiger partial charge in [-0.2, -0.15) is 5.11 Å². The maximum atomic E-state index is 13.5. The highest BCUT2D eigenvalue weighted by molar-refractivity contribution is 6.06. The normalized spacial score (nSPS) is 18.2. The van der Waals surface area contributed by atoms with Gasteiger partial charge in [-0.25, -0.2) is 9.52 Å². The lowest BCUT2D eigenvalue weighted by molar-refractivity contribution is -0.104. The maximum Gasteiger partial charge on any atom is 0.199 e. The minimum absolute atomic E-state index is 0.0184. The minimum Gasteiger partial charge on any atom is -0.391 e. The molecule has 0 amide bonds. The van der Waals surface area contributed by atoms with E-state index in [1.807, 2.05) is 90.2 Å². The summed E-state index contributed by atoms with van der Waals surface area (Å²) in [7, 11) is 0. The van der Waals surface area contributed by atoms with E-state index in [4.69, 9.17) is 0 Å². The van der Waals surface area contributed by atoms with Crippen molar-refractivity contribution in [2.75, 3.05) is 57.7 Å². The van der Waals surface area contributed by atoms with E-state index in [9.17, 15) is 9.59 Å². The van der Waals surface area contributed by atoms with Crippen LogP contribution in [0.1, 0.15) is 74.7 Å². The first-order chi connectivity index (χ1) is 26.9. The molecule has 6 rings (SSSR count). The summed E-state index contributed by atoms with van der Waals surface area (Å²) in [5, 5.41) is 27.7. The first-order valence-electron chi connectivity index (χ1n) is 20.3. The van der Waals surface area contributed by atoms with Crippen LogP contribution in [-0.4, -0.2) is 94.3 Å². The van der Waals surface area contributed by atoms with Crippen LogP contribution in [0.15, 0.2) is 99.0 Å². The van der Waals surface area contributed by atoms with Gasteiger partial charge in [0, 0.05) is 62.3 Å². The van der Waals surface area contributed by atoms with E-state index >= 15 is 0 Å². The third-order valence-electron chi connectivity index (χ3n) is 9.97. The van der Waals surface area contributed by atoms with E-state index in [1.54, 1.807) is 15.6 Å². The first kappa shape index (κ1) is 42.8. The fraction of sp³-hybridized carbons (Fsp3) is 0.488. The zero-order chi connectivity index (χ0) is 39.7. The summed E-state index contributed by atoms with van der Waals surface area (Å²) in [6, 6.07) is 11.3. The van der Waals surface area contributed by atoms with Crippen LogP contribution in [0, 0.1) is 5.92 Å². The van der Waals surface area contributed by atoms with Crippen LogP contribution in [0.4, 0.5) is 5.69 Å². The molecule has 0 saturated carbocycles. The van der Waals surface area contributed by atoms with Gasteiger partial charge in [0.15, 0.2) is 5.43 Å². The monoisotopic (exact) mass is 751 g/mol. The molecule has 0 bridgehead atoms. The van der Waals surface area contributed by atoms with E-state index in [0.29, 0.717) is 10.8 Å². The Morgan fingerprint density at radius 2 is 1.67 bits per heavy atom. The molecule has 0 radical (unpaired) electrons. The summed E-state index contributed by atoms with van der Waals surface area (Å²) < 4.78 is 1.79. The summed E-state index contributed by atoms with van der Waals surface area (Å²) in [4.78, 5) is 30.1. The van der Waals surface area contributed by atoms with Crippen molar-refractivity contribution in [1.29, 1.82) is 0 Å². The van der Waals surface area contributed by atoms with Crippen LogP contribution < -0.4 is 16.1 Å². The Bertz CT molecular complexity index is 2020. The number of nitrogens with one attached hydrogen (secondary N) is 2. The van der Waals surface area contributed by atoms with E-state index in [0.717, 1.165) is 117 Å². The second-order valence-corrected chi connectivity index (χ2v) is 13.4. The molecule has 12 nitrogen and oxygen atoms in total. The molecular weight excluding hydrogens is 689 g/mol. The van der Waals surface area contributed by atoms with Gasteiger partial charge >= 0.3 is 0 Å². The Morgan fingerprint density at radius 3 is 2.35 bits per heavy atom. The standard InChI is InChI=1S/C39H50N10O2.2C2H6/c1-5-11-33(28(3)6-2)48-35(17-27-50)37(43-45-48)29(4)16-20-40-18-9-21-46-23-25-47(26-24-46)22-10-19-41-31-14-15-32-38-36(31)39(51)30-12-7-8-13-34(30)49(38)44-42-32;2*1-2/h6-8,11-17,20,27,29,37,40-41H,5,9-10,18-19,21-26H2,1-4H3;2*1-2H3/b20-16+,28-6-,33-11+,35-17-;;. The Hall–Kier alpha value is -4.94. The number of allylic oxidation sites excluding steroid dienone is 4. The zero-order valence-corrected chi connectivity index (χ0v) is 34.3. The van der Waals surface area contributed by atoms with E-state index in [2.05, 4.69) is 67.1 Å². The first-order valence-corrected chi connectivity index (χ1v) is 20.3. The molecule has 2 aliphatic rings. The lowest BCUT2D eigenvalue weighted by atomic mass is 9.98. The van der Waals surface area contributed by atoms with Crippen LogP contribution in [0.2, 0.25) is 0 Å². The molecule has 2 N–H and O–H groups in total. The topological polar surface area (TPSA) is 123 Å². The molecule has 1 saturated heterocycles. The van der Waals surface area contributed by atoms with Crippen molar-refractivity contribution >= 4 is 39.3 Å². The number of hydrogen-bond acceptors (Lipinski definition) is 11. The SMILES string of the molecule is C/C=C(C)\C(=C/CC)N1N=NC(C(C)/C=C/NCCCN2CCN(CCCNc3ccc4nnn5c6ccccc6c(=O)c3c45)CC2)/C1=C/C=O.CC.CC. The van der Waals surface area contributed by atoms with Gasteiger partial charge in [-0.15, -0.1) is 5.10 Å². The summed E-state index contributed by atoms with van der Waals surface area (Å²) in [6.45, 7) is 24.3. The number of para-hydroxylation sites is 1.